The zero-order valence-electron chi connectivity index (χ0n) is 10.3. The molecule has 0 atom stereocenters. The molecule has 100 valence electrons. The number of benzene rings is 2. The van der Waals surface area contributed by atoms with Gasteiger partial charge in [-0.1, -0.05) is 28.1 Å². The number of nitrogens with two attached hydrogens (primary N) is 1. The first-order valence-corrected chi connectivity index (χ1v) is 6.65. The molecule has 0 bridgehead atoms. The second-order valence-corrected chi connectivity index (χ2v) is 5.17. The molecular weight excluding hydrogens is 323 g/mol. The summed E-state index contributed by atoms with van der Waals surface area (Å²) in [4.78, 5) is 7.42. The summed E-state index contributed by atoms with van der Waals surface area (Å²) in [6, 6.07) is 11.7. The number of nitrogens with one attached hydrogen (secondary N) is 1. The summed E-state index contributed by atoms with van der Waals surface area (Å²) in [5.74, 6) is -0.456. The fourth-order valence-corrected chi connectivity index (χ4v) is 2.28. The zero-order valence-corrected chi connectivity index (χ0v) is 11.9. The first-order valence-electron chi connectivity index (χ1n) is 5.86. The largest absolute Gasteiger partial charge is 0.368 e. The molecule has 0 aliphatic heterocycles. The number of aromatic nitrogens is 2. The lowest BCUT2D eigenvalue weighted by Crippen LogP contribution is -2.02. The van der Waals surface area contributed by atoms with Gasteiger partial charge in [0.05, 0.1) is 6.20 Å². The molecule has 0 amide bonds. The van der Waals surface area contributed by atoms with Crippen LogP contribution < -0.4 is 11.1 Å². The average Bonchev–Trinajstić information content (AvgIpc) is 2.43. The Morgan fingerprint density at radius 1 is 1.10 bits per heavy atom. The number of hydrogen-bond acceptors (Lipinski definition) is 4. The van der Waals surface area contributed by atoms with Gasteiger partial charge < -0.3 is 11.1 Å². The molecule has 0 aliphatic rings. The summed E-state index contributed by atoms with van der Waals surface area (Å²) in [6.07, 6.45) is 1.04. The standard InChI is InChI=1S/C14H10BrFN4/c15-10-3-1-9-6-11(4-2-8(9)5-10)19-13-12(16)7-18-14(17)20-13/h1-7H,(H3,17,18,19,20). The summed E-state index contributed by atoms with van der Waals surface area (Å²) in [6.45, 7) is 0. The molecule has 1 heterocycles. The number of rotatable bonds is 2. The molecule has 0 saturated heterocycles. The lowest BCUT2D eigenvalue weighted by molar-refractivity contribution is 0.620. The van der Waals surface area contributed by atoms with Crippen LogP contribution in [0.3, 0.4) is 0 Å². The van der Waals surface area contributed by atoms with E-state index >= 15 is 0 Å². The van der Waals surface area contributed by atoms with E-state index in [-0.39, 0.29) is 11.8 Å². The molecule has 0 saturated carbocycles. The average molecular weight is 333 g/mol. The van der Waals surface area contributed by atoms with Crippen molar-refractivity contribution in [3.8, 4) is 0 Å². The van der Waals surface area contributed by atoms with Gasteiger partial charge in [-0.05, 0) is 35.0 Å². The predicted molar refractivity (Wildman–Crippen MR) is 81.3 cm³/mol. The van der Waals surface area contributed by atoms with Crippen molar-refractivity contribution in [3.63, 3.8) is 0 Å². The van der Waals surface area contributed by atoms with Crippen molar-refractivity contribution in [2.75, 3.05) is 11.1 Å². The third-order valence-electron chi connectivity index (χ3n) is 2.83. The quantitative estimate of drug-likeness (QED) is 0.748. The lowest BCUT2D eigenvalue weighted by atomic mass is 10.1. The summed E-state index contributed by atoms with van der Waals surface area (Å²) < 4.78 is 14.6. The van der Waals surface area contributed by atoms with Crippen molar-refractivity contribution in [2.45, 2.75) is 0 Å². The van der Waals surface area contributed by atoms with Crippen molar-refractivity contribution >= 4 is 44.2 Å². The summed E-state index contributed by atoms with van der Waals surface area (Å²) >= 11 is 3.43. The maximum absolute atomic E-state index is 13.6. The zero-order chi connectivity index (χ0) is 14.1. The van der Waals surface area contributed by atoms with Crippen LogP contribution in [-0.2, 0) is 0 Å². The highest BCUT2D eigenvalue weighted by Gasteiger charge is 2.06. The van der Waals surface area contributed by atoms with Crippen LogP contribution in [0.5, 0.6) is 0 Å². The Morgan fingerprint density at radius 3 is 2.70 bits per heavy atom. The number of nitrogens with zero attached hydrogens (tertiary/aromatic N) is 2. The molecule has 3 aromatic rings. The van der Waals surface area contributed by atoms with E-state index in [1.54, 1.807) is 0 Å². The third-order valence-corrected chi connectivity index (χ3v) is 3.32. The van der Waals surface area contributed by atoms with Crippen molar-refractivity contribution in [3.05, 3.63) is 52.9 Å². The Hall–Kier alpha value is -2.21. The fraction of sp³-hybridized carbons (Fsp3) is 0. The van der Waals surface area contributed by atoms with Crippen LogP contribution in [0.15, 0.2) is 47.1 Å². The van der Waals surface area contributed by atoms with E-state index in [9.17, 15) is 4.39 Å². The van der Waals surface area contributed by atoms with Crippen LogP contribution in [0.4, 0.5) is 21.8 Å². The summed E-state index contributed by atoms with van der Waals surface area (Å²) in [5.41, 5.74) is 6.19. The van der Waals surface area contributed by atoms with Gasteiger partial charge in [-0.2, -0.15) is 4.98 Å². The topological polar surface area (TPSA) is 63.8 Å². The highest BCUT2D eigenvalue weighted by atomic mass is 79.9. The Labute approximate surface area is 123 Å². The van der Waals surface area contributed by atoms with Crippen LogP contribution in [-0.4, -0.2) is 9.97 Å². The van der Waals surface area contributed by atoms with Crippen molar-refractivity contribution in [1.29, 1.82) is 0 Å². The van der Waals surface area contributed by atoms with Gasteiger partial charge in [0.1, 0.15) is 0 Å². The SMILES string of the molecule is Nc1ncc(F)c(Nc2ccc3cc(Br)ccc3c2)n1. The second-order valence-electron chi connectivity index (χ2n) is 4.26. The molecule has 20 heavy (non-hydrogen) atoms. The van der Waals surface area contributed by atoms with E-state index in [4.69, 9.17) is 5.73 Å². The van der Waals surface area contributed by atoms with Gasteiger partial charge in [-0.3, -0.25) is 0 Å². The third kappa shape index (κ3) is 2.55. The lowest BCUT2D eigenvalue weighted by Gasteiger charge is -2.08. The highest BCUT2D eigenvalue weighted by Crippen LogP contribution is 2.25. The monoisotopic (exact) mass is 332 g/mol. The van der Waals surface area contributed by atoms with Gasteiger partial charge in [-0.15, -0.1) is 0 Å². The van der Waals surface area contributed by atoms with Gasteiger partial charge in [-0.25, -0.2) is 9.37 Å². The first kappa shape index (κ1) is 12.8. The van der Waals surface area contributed by atoms with Gasteiger partial charge in [0.15, 0.2) is 11.6 Å². The smallest absolute Gasteiger partial charge is 0.222 e. The Kier molecular flexibility index (Phi) is 3.23. The highest BCUT2D eigenvalue weighted by molar-refractivity contribution is 9.10. The Balaban J connectivity index is 1.98. The summed E-state index contributed by atoms with van der Waals surface area (Å²) in [7, 11) is 0. The van der Waals surface area contributed by atoms with E-state index in [1.165, 1.54) is 0 Å². The Morgan fingerprint density at radius 2 is 1.85 bits per heavy atom. The molecule has 6 heteroatoms. The van der Waals surface area contributed by atoms with Gasteiger partial charge in [0.25, 0.3) is 0 Å². The molecule has 3 N–H and O–H groups in total. The van der Waals surface area contributed by atoms with Crippen molar-refractivity contribution < 1.29 is 4.39 Å². The normalized spacial score (nSPS) is 10.7. The maximum Gasteiger partial charge on any atom is 0.222 e. The minimum atomic E-state index is -0.546. The van der Waals surface area contributed by atoms with Crippen LogP contribution in [0.25, 0.3) is 10.8 Å². The van der Waals surface area contributed by atoms with Crippen LogP contribution in [0.2, 0.25) is 0 Å². The minimum absolute atomic E-state index is 0.0265. The molecule has 0 unspecified atom stereocenters. The summed E-state index contributed by atoms with van der Waals surface area (Å²) in [5, 5.41) is 5.03. The molecule has 1 aromatic heterocycles. The minimum Gasteiger partial charge on any atom is -0.368 e. The number of fused-ring (bicyclic) bond motifs is 1. The van der Waals surface area contributed by atoms with E-state index in [0.717, 1.165) is 27.1 Å². The van der Waals surface area contributed by atoms with Crippen LogP contribution in [0.1, 0.15) is 0 Å². The van der Waals surface area contributed by atoms with Gasteiger partial charge in [0, 0.05) is 10.2 Å². The van der Waals surface area contributed by atoms with Gasteiger partial charge in [0.2, 0.25) is 5.95 Å². The first-order chi connectivity index (χ1) is 9.61. The molecular formula is C14H10BrFN4. The molecule has 2 aromatic carbocycles. The van der Waals surface area contributed by atoms with Gasteiger partial charge >= 0.3 is 0 Å². The van der Waals surface area contributed by atoms with E-state index in [0.29, 0.717) is 0 Å². The molecule has 0 aliphatic carbocycles. The van der Waals surface area contributed by atoms with Crippen LogP contribution >= 0.6 is 15.9 Å². The number of halogens is 2. The molecule has 0 fully saturated rings. The van der Waals surface area contributed by atoms with E-state index < -0.39 is 5.82 Å². The second kappa shape index (κ2) is 5.05. The van der Waals surface area contributed by atoms with E-state index in [2.05, 4.69) is 31.2 Å². The van der Waals surface area contributed by atoms with Crippen molar-refractivity contribution in [2.24, 2.45) is 0 Å². The molecule has 3 rings (SSSR count). The molecule has 4 nitrogen and oxygen atoms in total. The molecule has 0 radical (unpaired) electrons. The molecule has 0 spiro atoms. The van der Waals surface area contributed by atoms with E-state index in [1.807, 2.05) is 36.4 Å². The predicted octanol–water partition coefficient (Wildman–Crippen LogP) is 3.86. The number of nitrogen functional groups attached to an aromatic ring is 1. The number of hydrogen-bond donors (Lipinski definition) is 2. The maximum atomic E-state index is 13.6. The van der Waals surface area contributed by atoms with Crippen molar-refractivity contribution in [1.82, 2.24) is 9.97 Å². The number of anilines is 3. The Bertz CT molecular complexity index is 791. The van der Waals surface area contributed by atoms with Crippen LogP contribution in [0, 0.1) is 5.82 Å². The fourth-order valence-electron chi connectivity index (χ4n) is 1.90.